The van der Waals surface area contributed by atoms with Crippen molar-refractivity contribution >= 4 is 17.7 Å². The zero-order chi connectivity index (χ0) is 13.0. The third kappa shape index (κ3) is 3.02. The van der Waals surface area contributed by atoms with Gasteiger partial charge in [-0.1, -0.05) is 6.92 Å². The highest BCUT2D eigenvalue weighted by atomic mass is 32.2. The lowest BCUT2D eigenvalue weighted by molar-refractivity contribution is -0.131. The molecule has 0 aromatic rings. The van der Waals surface area contributed by atoms with Crippen LogP contribution in [0.5, 0.6) is 0 Å². The number of amides is 1. The van der Waals surface area contributed by atoms with Gasteiger partial charge in [-0.2, -0.15) is 11.8 Å². The van der Waals surface area contributed by atoms with E-state index >= 15 is 0 Å². The van der Waals surface area contributed by atoms with Crippen molar-refractivity contribution in [2.75, 3.05) is 19.3 Å². The average molecular weight is 270 g/mol. The fraction of sp³-hybridized carbons (Fsp3) is 0.929. The fourth-order valence-electron chi connectivity index (χ4n) is 3.18. The Bertz CT molecular complexity index is 282. The first-order chi connectivity index (χ1) is 8.70. The van der Waals surface area contributed by atoms with Gasteiger partial charge in [0.2, 0.25) is 5.91 Å². The van der Waals surface area contributed by atoms with Crippen molar-refractivity contribution in [1.29, 1.82) is 0 Å². The molecule has 0 spiro atoms. The lowest BCUT2D eigenvalue weighted by Crippen LogP contribution is -2.47. The first-order valence-electron chi connectivity index (χ1n) is 7.24. The molecule has 2 rings (SSSR count). The van der Waals surface area contributed by atoms with E-state index in [1.165, 1.54) is 12.8 Å². The minimum atomic E-state index is -0.129. The van der Waals surface area contributed by atoms with E-state index in [9.17, 15) is 4.79 Å². The van der Waals surface area contributed by atoms with Crippen LogP contribution in [-0.4, -0.2) is 36.5 Å². The van der Waals surface area contributed by atoms with Crippen LogP contribution in [0.15, 0.2) is 0 Å². The van der Waals surface area contributed by atoms with Gasteiger partial charge in [-0.25, -0.2) is 0 Å². The van der Waals surface area contributed by atoms with Gasteiger partial charge in [-0.15, -0.1) is 0 Å². The van der Waals surface area contributed by atoms with Gasteiger partial charge in [-0.05, 0) is 51.3 Å². The van der Waals surface area contributed by atoms with Gasteiger partial charge in [0, 0.05) is 17.8 Å². The molecule has 18 heavy (non-hydrogen) atoms. The molecule has 2 N–H and O–H groups in total. The van der Waals surface area contributed by atoms with E-state index < -0.39 is 0 Å². The standard InChI is InChI=1S/C14H26N2OS/c1-3-14(8-9-15-10-14)13(17)16-11-4-6-12(18-2)7-5-11/h11-12,15H,3-10H2,1-2H3,(H,16,17). The third-order valence-electron chi connectivity index (χ3n) is 4.74. The molecule has 1 saturated heterocycles. The molecule has 0 aromatic carbocycles. The van der Waals surface area contributed by atoms with E-state index in [0.29, 0.717) is 11.9 Å². The molecule has 0 aromatic heterocycles. The lowest BCUT2D eigenvalue weighted by atomic mass is 9.82. The van der Waals surface area contributed by atoms with E-state index in [1.54, 1.807) is 0 Å². The Kier molecular flexibility index (Phi) is 4.96. The molecule has 1 heterocycles. The van der Waals surface area contributed by atoms with Crippen molar-refractivity contribution in [1.82, 2.24) is 10.6 Å². The Balaban J connectivity index is 1.84. The van der Waals surface area contributed by atoms with Crippen LogP contribution in [0.1, 0.15) is 45.4 Å². The summed E-state index contributed by atoms with van der Waals surface area (Å²) < 4.78 is 0. The molecule has 1 saturated carbocycles. The van der Waals surface area contributed by atoms with Crippen LogP contribution in [-0.2, 0) is 4.79 Å². The first kappa shape index (κ1) is 14.2. The highest BCUT2D eigenvalue weighted by Crippen LogP contribution is 2.31. The van der Waals surface area contributed by atoms with Gasteiger partial charge in [0.15, 0.2) is 0 Å². The van der Waals surface area contributed by atoms with Gasteiger partial charge in [0.05, 0.1) is 5.41 Å². The number of hydrogen-bond acceptors (Lipinski definition) is 3. The first-order valence-corrected chi connectivity index (χ1v) is 8.53. The van der Waals surface area contributed by atoms with Gasteiger partial charge in [0.25, 0.3) is 0 Å². The minimum Gasteiger partial charge on any atom is -0.353 e. The molecule has 1 atom stereocenters. The summed E-state index contributed by atoms with van der Waals surface area (Å²) in [5.74, 6) is 0.294. The second-order valence-corrected chi connectivity index (χ2v) is 6.88. The summed E-state index contributed by atoms with van der Waals surface area (Å²) in [6, 6.07) is 0.421. The molecule has 0 bridgehead atoms. The van der Waals surface area contributed by atoms with Crippen LogP contribution in [0.4, 0.5) is 0 Å². The number of nitrogens with one attached hydrogen (secondary N) is 2. The summed E-state index contributed by atoms with van der Waals surface area (Å²) in [5, 5.41) is 7.45. The van der Waals surface area contributed by atoms with Crippen molar-refractivity contribution < 1.29 is 4.79 Å². The molecule has 2 aliphatic rings. The quantitative estimate of drug-likeness (QED) is 0.822. The maximum Gasteiger partial charge on any atom is 0.227 e. The zero-order valence-electron chi connectivity index (χ0n) is 11.6. The molecule has 1 amide bonds. The molecular weight excluding hydrogens is 244 g/mol. The molecule has 3 nitrogen and oxygen atoms in total. The molecule has 1 aliphatic heterocycles. The molecule has 1 unspecified atom stereocenters. The predicted molar refractivity (Wildman–Crippen MR) is 77.9 cm³/mol. The summed E-state index contributed by atoms with van der Waals surface area (Å²) in [5.41, 5.74) is -0.129. The average Bonchev–Trinajstić information content (AvgIpc) is 2.89. The van der Waals surface area contributed by atoms with Crippen molar-refractivity contribution in [3.8, 4) is 0 Å². The van der Waals surface area contributed by atoms with Crippen LogP contribution >= 0.6 is 11.8 Å². The number of thioether (sulfide) groups is 1. The normalized spacial score (nSPS) is 36.6. The monoisotopic (exact) mass is 270 g/mol. The Morgan fingerprint density at radius 1 is 1.39 bits per heavy atom. The van der Waals surface area contributed by atoms with Crippen LogP contribution in [0.3, 0.4) is 0 Å². The van der Waals surface area contributed by atoms with Crippen molar-refractivity contribution in [2.45, 2.75) is 56.7 Å². The maximum absolute atomic E-state index is 12.5. The van der Waals surface area contributed by atoms with Crippen LogP contribution in [0, 0.1) is 5.41 Å². The van der Waals surface area contributed by atoms with Gasteiger partial charge in [0.1, 0.15) is 0 Å². The summed E-state index contributed by atoms with van der Waals surface area (Å²) in [4.78, 5) is 12.5. The number of rotatable bonds is 4. The van der Waals surface area contributed by atoms with E-state index in [0.717, 1.165) is 44.0 Å². The highest BCUT2D eigenvalue weighted by molar-refractivity contribution is 7.99. The van der Waals surface area contributed by atoms with Crippen LogP contribution < -0.4 is 10.6 Å². The maximum atomic E-state index is 12.5. The van der Waals surface area contributed by atoms with E-state index in [-0.39, 0.29) is 5.41 Å². The van der Waals surface area contributed by atoms with Crippen LogP contribution in [0.2, 0.25) is 0 Å². The van der Waals surface area contributed by atoms with Gasteiger partial charge in [-0.3, -0.25) is 4.79 Å². The van der Waals surface area contributed by atoms with Crippen LogP contribution in [0.25, 0.3) is 0 Å². The minimum absolute atomic E-state index is 0.129. The van der Waals surface area contributed by atoms with Crippen molar-refractivity contribution in [3.05, 3.63) is 0 Å². The molecule has 104 valence electrons. The smallest absolute Gasteiger partial charge is 0.227 e. The summed E-state index contributed by atoms with van der Waals surface area (Å²) in [6.07, 6.45) is 8.96. The largest absolute Gasteiger partial charge is 0.353 e. The molecular formula is C14H26N2OS. The van der Waals surface area contributed by atoms with E-state index in [4.69, 9.17) is 0 Å². The number of carbonyl (C=O) groups is 1. The zero-order valence-corrected chi connectivity index (χ0v) is 12.4. The molecule has 0 radical (unpaired) electrons. The molecule has 4 heteroatoms. The summed E-state index contributed by atoms with van der Waals surface area (Å²) in [6.45, 7) is 3.98. The van der Waals surface area contributed by atoms with Gasteiger partial charge < -0.3 is 10.6 Å². The fourth-order valence-corrected chi connectivity index (χ4v) is 3.92. The number of carbonyl (C=O) groups excluding carboxylic acids is 1. The Morgan fingerprint density at radius 2 is 2.11 bits per heavy atom. The van der Waals surface area contributed by atoms with Crippen molar-refractivity contribution in [2.24, 2.45) is 5.41 Å². The van der Waals surface area contributed by atoms with E-state index in [1.807, 2.05) is 11.8 Å². The highest BCUT2D eigenvalue weighted by Gasteiger charge is 2.40. The lowest BCUT2D eigenvalue weighted by Gasteiger charge is -2.32. The Labute approximate surface area is 115 Å². The predicted octanol–water partition coefficient (Wildman–Crippen LogP) is 2.17. The third-order valence-corrected chi connectivity index (χ3v) is 5.88. The Hall–Kier alpha value is -0.220. The van der Waals surface area contributed by atoms with Gasteiger partial charge >= 0.3 is 0 Å². The SMILES string of the molecule is CCC1(C(=O)NC2CCC(SC)CC2)CCNC1. The summed E-state index contributed by atoms with van der Waals surface area (Å²) >= 11 is 1.97. The van der Waals surface area contributed by atoms with E-state index in [2.05, 4.69) is 23.8 Å². The number of hydrogen-bond donors (Lipinski definition) is 2. The second-order valence-electron chi connectivity index (χ2n) is 5.74. The topological polar surface area (TPSA) is 41.1 Å². The second kappa shape index (κ2) is 6.29. The molecule has 2 fully saturated rings. The Morgan fingerprint density at radius 3 is 2.61 bits per heavy atom. The van der Waals surface area contributed by atoms with Crippen molar-refractivity contribution in [3.63, 3.8) is 0 Å². The summed E-state index contributed by atoms with van der Waals surface area (Å²) in [7, 11) is 0. The molecule has 1 aliphatic carbocycles.